The lowest BCUT2D eigenvalue weighted by Gasteiger charge is -2.51. The standard InChI is InChI=1S/C16H27NO2/c1-5-11-6-12-8-16(10-17,13(12)7-11)9-14(18)19-15(2,3)4/h7,12-13H,5-6,8-10,17H2,1-4H3/t12-,13+,16+/m1/s1. The molecule has 19 heavy (non-hydrogen) atoms. The molecule has 0 aromatic heterocycles. The molecule has 0 heterocycles. The van der Waals surface area contributed by atoms with Crippen molar-refractivity contribution in [2.45, 2.75) is 59.0 Å². The van der Waals surface area contributed by atoms with E-state index >= 15 is 0 Å². The Morgan fingerprint density at radius 1 is 1.53 bits per heavy atom. The average molecular weight is 265 g/mol. The van der Waals surface area contributed by atoms with Crippen LogP contribution >= 0.6 is 0 Å². The van der Waals surface area contributed by atoms with E-state index < -0.39 is 5.60 Å². The molecule has 0 radical (unpaired) electrons. The van der Waals surface area contributed by atoms with Crippen LogP contribution in [0, 0.1) is 17.3 Å². The zero-order valence-corrected chi connectivity index (χ0v) is 12.7. The normalized spacial score (nSPS) is 33.4. The van der Waals surface area contributed by atoms with Crippen LogP contribution in [0.25, 0.3) is 0 Å². The Morgan fingerprint density at radius 3 is 2.74 bits per heavy atom. The van der Waals surface area contributed by atoms with E-state index in [2.05, 4.69) is 13.0 Å². The van der Waals surface area contributed by atoms with Gasteiger partial charge in [0.15, 0.2) is 0 Å². The summed E-state index contributed by atoms with van der Waals surface area (Å²) in [7, 11) is 0. The van der Waals surface area contributed by atoms with Crippen LogP contribution < -0.4 is 5.73 Å². The molecule has 108 valence electrons. The molecule has 3 nitrogen and oxygen atoms in total. The van der Waals surface area contributed by atoms with E-state index in [1.165, 1.54) is 12.0 Å². The molecule has 2 aliphatic carbocycles. The molecule has 1 fully saturated rings. The summed E-state index contributed by atoms with van der Waals surface area (Å²) in [5.41, 5.74) is 7.08. The van der Waals surface area contributed by atoms with Crippen LogP contribution in [0.3, 0.4) is 0 Å². The van der Waals surface area contributed by atoms with Crippen LogP contribution in [-0.2, 0) is 9.53 Å². The van der Waals surface area contributed by atoms with E-state index in [-0.39, 0.29) is 11.4 Å². The maximum Gasteiger partial charge on any atom is 0.306 e. The van der Waals surface area contributed by atoms with Crippen LogP contribution in [0.2, 0.25) is 0 Å². The van der Waals surface area contributed by atoms with Gasteiger partial charge < -0.3 is 10.5 Å². The van der Waals surface area contributed by atoms with E-state index in [0.29, 0.717) is 18.9 Å². The topological polar surface area (TPSA) is 52.3 Å². The highest BCUT2D eigenvalue weighted by molar-refractivity contribution is 5.71. The first-order chi connectivity index (χ1) is 8.79. The second-order valence-electron chi connectivity index (χ2n) is 7.20. The Morgan fingerprint density at radius 2 is 2.21 bits per heavy atom. The minimum atomic E-state index is -0.407. The van der Waals surface area contributed by atoms with Crippen molar-refractivity contribution in [2.75, 3.05) is 6.54 Å². The predicted molar refractivity (Wildman–Crippen MR) is 76.5 cm³/mol. The van der Waals surface area contributed by atoms with Crippen molar-refractivity contribution in [1.29, 1.82) is 0 Å². The first-order valence-electron chi connectivity index (χ1n) is 7.41. The number of rotatable bonds is 4. The van der Waals surface area contributed by atoms with Gasteiger partial charge in [0.2, 0.25) is 0 Å². The molecule has 0 bridgehead atoms. The summed E-state index contributed by atoms with van der Waals surface area (Å²) in [6.07, 6.45) is 6.26. The van der Waals surface area contributed by atoms with Crippen molar-refractivity contribution in [2.24, 2.45) is 23.0 Å². The molecule has 0 saturated heterocycles. The molecule has 0 aromatic rings. The van der Waals surface area contributed by atoms with E-state index in [1.54, 1.807) is 0 Å². The van der Waals surface area contributed by atoms with Crippen LogP contribution in [0.15, 0.2) is 11.6 Å². The lowest BCUT2D eigenvalue weighted by atomic mass is 9.53. The first-order valence-corrected chi connectivity index (χ1v) is 7.41. The van der Waals surface area contributed by atoms with E-state index in [1.807, 2.05) is 20.8 Å². The summed E-state index contributed by atoms with van der Waals surface area (Å²) < 4.78 is 5.46. The third-order valence-corrected chi connectivity index (χ3v) is 4.60. The van der Waals surface area contributed by atoms with Gasteiger partial charge in [-0.3, -0.25) is 4.79 Å². The largest absolute Gasteiger partial charge is 0.460 e. The summed E-state index contributed by atoms with van der Waals surface area (Å²) >= 11 is 0. The average Bonchev–Trinajstić information content (AvgIpc) is 2.62. The van der Waals surface area contributed by atoms with Gasteiger partial charge in [0, 0.05) is 0 Å². The maximum atomic E-state index is 12.1. The van der Waals surface area contributed by atoms with Crippen molar-refractivity contribution >= 4 is 5.97 Å². The van der Waals surface area contributed by atoms with Gasteiger partial charge >= 0.3 is 5.97 Å². The molecule has 2 aliphatic rings. The molecule has 3 heteroatoms. The molecular weight excluding hydrogens is 238 g/mol. The molecule has 0 aromatic carbocycles. The fourth-order valence-electron chi connectivity index (χ4n) is 3.70. The number of esters is 1. The fraction of sp³-hybridized carbons (Fsp3) is 0.812. The zero-order valence-electron chi connectivity index (χ0n) is 12.7. The first kappa shape index (κ1) is 14.6. The SMILES string of the molecule is CCC1=C[C@H]2[C@H](C1)C[C@@]2(CN)CC(=O)OC(C)(C)C. The van der Waals surface area contributed by atoms with E-state index in [9.17, 15) is 4.79 Å². The monoisotopic (exact) mass is 265 g/mol. The quantitative estimate of drug-likeness (QED) is 0.628. The van der Waals surface area contributed by atoms with Crippen LogP contribution in [-0.4, -0.2) is 18.1 Å². The van der Waals surface area contributed by atoms with Crippen molar-refractivity contribution < 1.29 is 9.53 Å². The molecule has 0 amide bonds. The van der Waals surface area contributed by atoms with Crippen molar-refractivity contribution in [3.8, 4) is 0 Å². The number of hydrogen-bond acceptors (Lipinski definition) is 3. The highest BCUT2D eigenvalue weighted by Crippen LogP contribution is 2.59. The van der Waals surface area contributed by atoms with Gasteiger partial charge in [0.05, 0.1) is 6.42 Å². The third kappa shape index (κ3) is 2.86. The highest BCUT2D eigenvalue weighted by atomic mass is 16.6. The van der Waals surface area contributed by atoms with Crippen LogP contribution in [0.4, 0.5) is 0 Å². The Labute approximate surface area is 116 Å². The summed E-state index contributed by atoms with van der Waals surface area (Å²) in [5.74, 6) is 1.12. The molecule has 3 atom stereocenters. The summed E-state index contributed by atoms with van der Waals surface area (Å²) in [5, 5.41) is 0. The van der Waals surface area contributed by atoms with E-state index in [4.69, 9.17) is 10.5 Å². The van der Waals surface area contributed by atoms with Gasteiger partial charge in [-0.05, 0) is 63.8 Å². The Hall–Kier alpha value is -0.830. The number of fused-ring (bicyclic) bond motifs is 1. The third-order valence-electron chi connectivity index (χ3n) is 4.60. The van der Waals surface area contributed by atoms with E-state index in [0.717, 1.165) is 18.8 Å². The van der Waals surface area contributed by atoms with Crippen molar-refractivity contribution in [1.82, 2.24) is 0 Å². The molecule has 0 unspecified atom stereocenters. The molecule has 1 saturated carbocycles. The molecule has 0 aliphatic heterocycles. The number of hydrogen-bond donors (Lipinski definition) is 1. The lowest BCUT2D eigenvalue weighted by molar-refractivity contribution is -0.162. The zero-order chi connectivity index (χ0) is 14.3. The smallest absolute Gasteiger partial charge is 0.306 e. The number of nitrogens with two attached hydrogens (primary N) is 1. The van der Waals surface area contributed by atoms with Gasteiger partial charge in [0.1, 0.15) is 5.60 Å². The van der Waals surface area contributed by atoms with Gasteiger partial charge in [-0.2, -0.15) is 0 Å². The molecular formula is C16H27NO2. The summed E-state index contributed by atoms with van der Waals surface area (Å²) in [4.78, 5) is 12.1. The molecule has 0 spiro atoms. The lowest BCUT2D eigenvalue weighted by Crippen LogP contribution is -2.51. The second-order valence-corrected chi connectivity index (χ2v) is 7.20. The van der Waals surface area contributed by atoms with Gasteiger partial charge in [-0.25, -0.2) is 0 Å². The van der Waals surface area contributed by atoms with Gasteiger partial charge in [-0.15, -0.1) is 0 Å². The maximum absolute atomic E-state index is 12.1. The number of carbonyl (C=O) groups excluding carboxylic acids is 1. The van der Waals surface area contributed by atoms with Gasteiger partial charge in [-0.1, -0.05) is 18.6 Å². The minimum Gasteiger partial charge on any atom is -0.460 e. The van der Waals surface area contributed by atoms with Gasteiger partial charge in [0.25, 0.3) is 0 Å². The fourth-order valence-corrected chi connectivity index (χ4v) is 3.70. The Balaban J connectivity index is 2.02. The van der Waals surface area contributed by atoms with Crippen molar-refractivity contribution in [3.63, 3.8) is 0 Å². The summed E-state index contributed by atoms with van der Waals surface area (Å²) in [6, 6.07) is 0. The van der Waals surface area contributed by atoms with Crippen LogP contribution in [0.5, 0.6) is 0 Å². The Bertz CT molecular complexity index is 394. The van der Waals surface area contributed by atoms with Crippen molar-refractivity contribution in [3.05, 3.63) is 11.6 Å². The minimum absolute atomic E-state index is 0.0378. The summed E-state index contributed by atoms with van der Waals surface area (Å²) in [6.45, 7) is 8.52. The molecule has 2 rings (SSSR count). The highest BCUT2D eigenvalue weighted by Gasteiger charge is 2.55. The van der Waals surface area contributed by atoms with Crippen LogP contribution in [0.1, 0.15) is 53.4 Å². The number of ether oxygens (including phenoxy) is 1. The predicted octanol–water partition coefficient (Wildman–Crippen LogP) is 3.04. The Kier molecular flexibility index (Phi) is 3.78. The second kappa shape index (κ2) is 4.93. The number of allylic oxidation sites excluding steroid dienone is 2. The number of carbonyl (C=O) groups is 1. The molecule has 2 N–H and O–H groups in total.